The Morgan fingerprint density at radius 2 is 1.28 bits per heavy atom. The van der Waals surface area contributed by atoms with E-state index in [9.17, 15) is 23.2 Å². The minimum atomic E-state index is -4.25. The Bertz CT molecular complexity index is 725. The number of benzene rings is 2. The third kappa shape index (κ3) is 5.72. The Balaban J connectivity index is 0.00000312. The summed E-state index contributed by atoms with van der Waals surface area (Å²) in [6, 6.07) is 12.7. The van der Waals surface area contributed by atoms with Crippen molar-refractivity contribution < 1.29 is 23.2 Å². The molecular formula is C18H23NaO5S. The number of phenols is 2. The Labute approximate surface area is 170 Å². The maximum absolute atomic E-state index is 11.7. The maximum atomic E-state index is 11.7. The molecule has 2 aromatic carbocycles. The van der Waals surface area contributed by atoms with Gasteiger partial charge in [0, 0.05) is 5.41 Å². The molecule has 0 atom stereocenters. The quantitative estimate of drug-likeness (QED) is 0.512. The van der Waals surface area contributed by atoms with Crippen LogP contribution in [0.3, 0.4) is 0 Å². The first kappa shape index (κ1) is 22.0. The average molecular weight is 374 g/mol. The summed E-state index contributed by atoms with van der Waals surface area (Å²) in [5, 5.41) is 19.1. The van der Waals surface area contributed by atoms with Crippen LogP contribution in [0, 0.1) is 0 Å². The summed E-state index contributed by atoms with van der Waals surface area (Å²) in [4.78, 5) is 0. The molecule has 2 aromatic rings. The van der Waals surface area contributed by atoms with Gasteiger partial charge in [-0.1, -0.05) is 44.0 Å². The van der Waals surface area contributed by atoms with Gasteiger partial charge >= 0.3 is 29.6 Å². The number of hydrogen-bond acceptors (Lipinski definition) is 4. The van der Waals surface area contributed by atoms with Crippen LogP contribution in [0.5, 0.6) is 11.5 Å². The molecule has 0 aromatic heterocycles. The third-order valence-electron chi connectivity index (χ3n) is 4.23. The van der Waals surface area contributed by atoms with Gasteiger partial charge in [0.25, 0.3) is 10.1 Å². The first-order chi connectivity index (χ1) is 11.3. The van der Waals surface area contributed by atoms with Crippen molar-refractivity contribution in [2.75, 3.05) is 5.75 Å². The second kappa shape index (κ2) is 9.05. The van der Waals surface area contributed by atoms with Crippen molar-refractivity contribution >= 4 is 39.7 Å². The Hall–Kier alpha value is -1.05. The molecule has 0 unspecified atom stereocenters. The molecule has 0 aliphatic rings. The second-order valence-corrected chi connectivity index (χ2v) is 7.46. The van der Waals surface area contributed by atoms with Crippen LogP contribution in [-0.2, 0) is 15.5 Å². The van der Waals surface area contributed by atoms with Crippen molar-refractivity contribution in [3.05, 3.63) is 59.7 Å². The third-order valence-corrected chi connectivity index (χ3v) is 5.08. The van der Waals surface area contributed by atoms with Gasteiger partial charge < -0.3 is 10.2 Å². The van der Waals surface area contributed by atoms with Crippen molar-refractivity contribution in [2.24, 2.45) is 0 Å². The summed E-state index contributed by atoms with van der Waals surface area (Å²) < 4.78 is 33.1. The van der Waals surface area contributed by atoms with E-state index in [1.165, 1.54) is 24.3 Å². The second-order valence-electron chi connectivity index (χ2n) is 6.01. The molecule has 0 spiro atoms. The standard InChI is InChI=1S/C18H22O5S.Na.H/c1-2-3-12-18(13-24(21,22)23,14-4-8-16(19)9-5-14)15-6-10-17(20)11-7-15;;/h4-11,19-20H,2-3,12-13H2,1H3,(H,21,22,23);;. The van der Waals surface area contributed by atoms with Crippen molar-refractivity contribution in [1.82, 2.24) is 0 Å². The number of aromatic hydroxyl groups is 2. The van der Waals surface area contributed by atoms with Gasteiger partial charge in [0.1, 0.15) is 11.5 Å². The SMILES string of the molecule is CCCCC(CS(=O)(=O)O)(c1ccc(O)cc1)c1ccc(O)cc1.[NaH]. The van der Waals surface area contributed by atoms with Crippen LogP contribution in [0.15, 0.2) is 48.5 Å². The monoisotopic (exact) mass is 374 g/mol. The molecule has 7 heteroatoms. The molecule has 0 heterocycles. The van der Waals surface area contributed by atoms with Crippen LogP contribution in [0.1, 0.15) is 37.3 Å². The van der Waals surface area contributed by atoms with E-state index < -0.39 is 21.3 Å². The van der Waals surface area contributed by atoms with Crippen molar-refractivity contribution in [3.8, 4) is 11.5 Å². The van der Waals surface area contributed by atoms with Crippen LogP contribution in [0.25, 0.3) is 0 Å². The molecule has 5 nitrogen and oxygen atoms in total. The van der Waals surface area contributed by atoms with Gasteiger partial charge in [-0.05, 0) is 41.8 Å². The molecule has 0 fully saturated rings. The van der Waals surface area contributed by atoms with Crippen molar-refractivity contribution in [2.45, 2.75) is 31.6 Å². The van der Waals surface area contributed by atoms with E-state index in [1.807, 2.05) is 6.92 Å². The van der Waals surface area contributed by atoms with Gasteiger partial charge in [-0.2, -0.15) is 8.42 Å². The molecule has 0 amide bonds. The fourth-order valence-corrected chi connectivity index (χ4v) is 4.15. The molecule has 25 heavy (non-hydrogen) atoms. The first-order valence-electron chi connectivity index (χ1n) is 7.81. The van der Waals surface area contributed by atoms with Crippen LogP contribution in [0.4, 0.5) is 0 Å². The van der Waals surface area contributed by atoms with E-state index in [2.05, 4.69) is 0 Å². The van der Waals surface area contributed by atoms with Crippen molar-refractivity contribution in [3.63, 3.8) is 0 Å². The van der Waals surface area contributed by atoms with Crippen LogP contribution >= 0.6 is 0 Å². The minimum absolute atomic E-state index is 0. The first-order valence-corrected chi connectivity index (χ1v) is 9.42. The summed E-state index contributed by atoms with van der Waals surface area (Å²) in [5.41, 5.74) is 0.430. The fourth-order valence-electron chi connectivity index (χ4n) is 3.05. The molecule has 3 N–H and O–H groups in total. The number of rotatable bonds is 7. The van der Waals surface area contributed by atoms with Gasteiger partial charge in [0.2, 0.25) is 0 Å². The molecular weight excluding hydrogens is 351 g/mol. The fraction of sp³-hybridized carbons (Fsp3) is 0.333. The summed E-state index contributed by atoms with van der Waals surface area (Å²) in [6.45, 7) is 2.01. The zero-order valence-corrected chi connectivity index (χ0v) is 14.3. The van der Waals surface area contributed by atoms with Crippen LogP contribution in [0.2, 0.25) is 0 Å². The molecule has 0 bridgehead atoms. The molecule has 132 valence electrons. The van der Waals surface area contributed by atoms with E-state index in [1.54, 1.807) is 24.3 Å². The molecule has 0 saturated heterocycles. The van der Waals surface area contributed by atoms with Gasteiger partial charge in [0.15, 0.2) is 0 Å². The zero-order chi connectivity index (χ0) is 17.8. The normalized spacial score (nSPS) is 11.8. The Kier molecular flexibility index (Phi) is 7.96. The topological polar surface area (TPSA) is 94.8 Å². The van der Waals surface area contributed by atoms with Crippen molar-refractivity contribution in [1.29, 1.82) is 0 Å². The summed E-state index contributed by atoms with van der Waals surface area (Å²) in [7, 11) is -4.25. The van der Waals surface area contributed by atoms with Gasteiger partial charge in [-0.25, -0.2) is 0 Å². The predicted molar refractivity (Wildman–Crippen MR) is 100 cm³/mol. The summed E-state index contributed by atoms with van der Waals surface area (Å²) >= 11 is 0. The Morgan fingerprint density at radius 3 is 1.60 bits per heavy atom. The zero-order valence-electron chi connectivity index (χ0n) is 13.5. The molecule has 0 aliphatic heterocycles. The van der Waals surface area contributed by atoms with Crippen LogP contribution in [-0.4, -0.2) is 58.5 Å². The molecule has 0 radical (unpaired) electrons. The number of phenolic OH excluding ortho intramolecular Hbond substituents is 2. The molecule has 0 aliphatic carbocycles. The summed E-state index contributed by atoms with van der Waals surface area (Å²) in [6.07, 6.45) is 2.14. The van der Waals surface area contributed by atoms with Gasteiger partial charge in [0.05, 0.1) is 5.75 Å². The van der Waals surface area contributed by atoms with Gasteiger partial charge in [-0.3, -0.25) is 4.55 Å². The molecule has 0 saturated carbocycles. The van der Waals surface area contributed by atoms with E-state index >= 15 is 0 Å². The van der Waals surface area contributed by atoms with E-state index in [4.69, 9.17) is 0 Å². The van der Waals surface area contributed by atoms with Gasteiger partial charge in [-0.15, -0.1) is 0 Å². The number of hydrogen-bond donors (Lipinski definition) is 3. The number of unbranched alkanes of at least 4 members (excludes halogenated alkanes) is 1. The van der Waals surface area contributed by atoms with E-state index in [0.29, 0.717) is 17.5 Å². The summed E-state index contributed by atoms with van der Waals surface area (Å²) in [5.74, 6) is -0.295. The van der Waals surface area contributed by atoms with E-state index in [-0.39, 0.29) is 41.1 Å². The average Bonchev–Trinajstić information content (AvgIpc) is 2.52. The van der Waals surface area contributed by atoms with E-state index in [0.717, 1.165) is 12.8 Å². The predicted octanol–water partition coefficient (Wildman–Crippen LogP) is 2.81. The Morgan fingerprint density at radius 1 is 0.880 bits per heavy atom. The van der Waals surface area contributed by atoms with Crippen LogP contribution < -0.4 is 0 Å². The molecule has 2 rings (SSSR count).